The fraction of sp³-hybridized carbons (Fsp3) is 0.111. The maximum atomic E-state index is 13.3. The highest BCUT2D eigenvalue weighted by Crippen LogP contribution is 2.29. The highest BCUT2D eigenvalue weighted by molar-refractivity contribution is 6.99. The van der Waals surface area contributed by atoms with Crippen LogP contribution in [0.25, 0.3) is 0 Å². The lowest BCUT2D eigenvalue weighted by Crippen LogP contribution is -1.89. The molecule has 1 aromatic carbocycles. The van der Waals surface area contributed by atoms with Gasteiger partial charge in [0.05, 0.1) is 11.7 Å². The van der Waals surface area contributed by atoms with Gasteiger partial charge < -0.3 is 4.74 Å². The molecule has 2 rings (SSSR count). The maximum absolute atomic E-state index is 13.3. The number of halogens is 2. The summed E-state index contributed by atoms with van der Waals surface area (Å²) in [6.45, 7) is 1.84. The second-order valence-corrected chi connectivity index (χ2v) is 3.78. The van der Waals surface area contributed by atoms with Gasteiger partial charge in [-0.25, -0.2) is 4.39 Å². The topological polar surface area (TPSA) is 35.0 Å². The number of aromatic nitrogens is 2. The Labute approximate surface area is 94.8 Å². The van der Waals surface area contributed by atoms with Gasteiger partial charge in [-0.15, -0.1) is 4.37 Å². The minimum Gasteiger partial charge on any atom is -0.433 e. The van der Waals surface area contributed by atoms with Gasteiger partial charge in [-0.3, -0.25) is 0 Å². The van der Waals surface area contributed by atoms with Crippen LogP contribution in [0.4, 0.5) is 4.39 Å². The first kappa shape index (κ1) is 10.3. The van der Waals surface area contributed by atoms with E-state index >= 15 is 0 Å². The van der Waals surface area contributed by atoms with Crippen molar-refractivity contribution >= 4 is 23.3 Å². The van der Waals surface area contributed by atoms with Crippen LogP contribution in [0.2, 0.25) is 5.15 Å². The zero-order chi connectivity index (χ0) is 10.8. The molecule has 1 heterocycles. The van der Waals surface area contributed by atoms with Crippen molar-refractivity contribution in [1.29, 1.82) is 0 Å². The van der Waals surface area contributed by atoms with E-state index in [1.165, 1.54) is 6.07 Å². The molecule has 0 fully saturated rings. The Morgan fingerprint density at radius 1 is 1.40 bits per heavy atom. The SMILES string of the molecule is Cc1ccc(F)c(Oc2nsnc2Cl)c1. The van der Waals surface area contributed by atoms with E-state index in [1.54, 1.807) is 12.1 Å². The molecule has 0 unspecified atom stereocenters. The lowest BCUT2D eigenvalue weighted by atomic mass is 10.2. The first-order valence-electron chi connectivity index (χ1n) is 4.09. The highest BCUT2D eigenvalue weighted by atomic mass is 35.5. The van der Waals surface area contributed by atoms with Gasteiger partial charge in [-0.1, -0.05) is 17.7 Å². The van der Waals surface area contributed by atoms with Crippen molar-refractivity contribution in [2.75, 3.05) is 0 Å². The summed E-state index contributed by atoms with van der Waals surface area (Å²) in [4.78, 5) is 0. The summed E-state index contributed by atoms with van der Waals surface area (Å²) in [5.74, 6) is -0.222. The van der Waals surface area contributed by atoms with Gasteiger partial charge in [0.2, 0.25) is 5.15 Å². The Morgan fingerprint density at radius 2 is 2.20 bits per heavy atom. The predicted molar refractivity (Wildman–Crippen MR) is 56.1 cm³/mol. The van der Waals surface area contributed by atoms with Crippen LogP contribution in [0.1, 0.15) is 5.56 Å². The summed E-state index contributed by atoms with van der Waals surface area (Å²) in [6, 6.07) is 4.56. The molecule has 0 amide bonds. The Kier molecular flexibility index (Phi) is 2.83. The van der Waals surface area contributed by atoms with Gasteiger partial charge in [0.15, 0.2) is 11.6 Å². The molecule has 0 radical (unpaired) electrons. The van der Waals surface area contributed by atoms with E-state index in [9.17, 15) is 4.39 Å². The number of hydrogen-bond acceptors (Lipinski definition) is 4. The van der Waals surface area contributed by atoms with Crippen LogP contribution < -0.4 is 4.74 Å². The summed E-state index contributed by atoms with van der Waals surface area (Å²) in [7, 11) is 0. The molecule has 78 valence electrons. The van der Waals surface area contributed by atoms with Crippen LogP contribution in [0, 0.1) is 12.7 Å². The molecule has 1 aromatic heterocycles. The highest BCUT2D eigenvalue weighted by Gasteiger charge is 2.11. The molecule has 0 aliphatic heterocycles. The van der Waals surface area contributed by atoms with Crippen LogP contribution in [0.5, 0.6) is 11.6 Å². The standard InChI is InChI=1S/C9H6ClFN2OS/c1-5-2-3-6(11)7(4-5)14-9-8(10)12-15-13-9/h2-4H,1H3. The number of benzene rings is 1. The van der Waals surface area contributed by atoms with Crippen LogP contribution in [0.15, 0.2) is 18.2 Å². The second-order valence-electron chi connectivity index (χ2n) is 2.90. The van der Waals surface area contributed by atoms with Crippen molar-refractivity contribution in [2.45, 2.75) is 6.92 Å². The van der Waals surface area contributed by atoms with Crippen molar-refractivity contribution in [3.63, 3.8) is 0 Å². The van der Waals surface area contributed by atoms with Crippen LogP contribution in [0.3, 0.4) is 0 Å². The van der Waals surface area contributed by atoms with Crippen molar-refractivity contribution in [1.82, 2.24) is 8.75 Å². The average Bonchev–Trinajstić information content (AvgIpc) is 2.58. The molecule has 0 aliphatic rings. The zero-order valence-corrected chi connectivity index (χ0v) is 9.27. The van der Waals surface area contributed by atoms with Crippen LogP contribution >= 0.6 is 23.3 Å². The monoisotopic (exact) mass is 244 g/mol. The van der Waals surface area contributed by atoms with Gasteiger partial charge in [0.25, 0.3) is 5.88 Å². The lowest BCUT2D eigenvalue weighted by molar-refractivity contribution is 0.431. The van der Waals surface area contributed by atoms with Crippen molar-refractivity contribution in [3.8, 4) is 11.6 Å². The van der Waals surface area contributed by atoms with Crippen LogP contribution in [-0.4, -0.2) is 8.75 Å². The zero-order valence-electron chi connectivity index (χ0n) is 7.70. The summed E-state index contributed by atoms with van der Waals surface area (Å²) in [5, 5.41) is 0.140. The largest absolute Gasteiger partial charge is 0.433 e. The van der Waals surface area contributed by atoms with E-state index in [0.717, 1.165) is 17.3 Å². The molecule has 2 aromatic rings. The van der Waals surface area contributed by atoms with Gasteiger partial charge in [0, 0.05) is 0 Å². The molecular weight excluding hydrogens is 239 g/mol. The molecule has 0 saturated carbocycles. The molecule has 0 spiro atoms. The second kappa shape index (κ2) is 4.12. The molecule has 15 heavy (non-hydrogen) atoms. The Hall–Kier alpha value is -1.20. The molecule has 0 N–H and O–H groups in total. The van der Waals surface area contributed by atoms with Crippen molar-refractivity contribution in [3.05, 3.63) is 34.7 Å². The average molecular weight is 245 g/mol. The number of nitrogens with zero attached hydrogens (tertiary/aromatic N) is 2. The molecule has 6 heteroatoms. The summed E-state index contributed by atoms with van der Waals surface area (Å²) < 4.78 is 26.0. The third kappa shape index (κ3) is 2.24. The molecule has 0 saturated heterocycles. The van der Waals surface area contributed by atoms with E-state index in [-0.39, 0.29) is 16.8 Å². The van der Waals surface area contributed by atoms with E-state index in [2.05, 4.69) is 8.75 Å². The fourth-order valence-corrected chi connectivity index (χ4v) is 1.64. The Bertz CT molecular complexity index is 489. The molecule has 0 atom stereocenters. The number of hydrogen-bond donors (Lipinski definition) is 0. The number of ether oxygens (including phenoxy) is 1. The lowest BCUT2D eigenvalue weighted by Gasteiger charge is -2.04. The minimum atomic E-state index is -0.454. The quantitative estimate of drug-likeness (QED) is 0.812. The third-order valence-corrected chi connectivity index (χ3v) is 2.57. The van der Waals surface area contributed by atoms with Gasteiger partial charge in [-0.05, 0) is 24.6 Å². The number of aryl methyl sites for hydroxylation is 1. The summed E-state index contributed by atoms with van der Waals surface area (Å²) in [5.41, 5.74) is 0.894. The minimum absolute atomic E-state index is 0.101. The first-order valence-corrected chi connectivity index (χ1v) is 5.19. The van der Waals surface area contributed by atoms with E-state index in [1.807, 2.05) is 6.92 Å². The van der Waals surface area contributed by atoms with E-state index < -0.39 is 5.82 Å². The van der Waals surface area contributed by atoms with E-state index in [4.69, 9.17) is 16.3 Å². The van der Waals surface area contributed by atoms with E-state index in [0.29, 0.717) is 0 Å². The normalized spacial score (nSPS) is 10.3. The molecule has 0 bridgehead atoms. The molecule has 3 nitrogen and oxygen atoms in total. The fourth-order valence-electron chi connectivity index (χ4n) is 1.02. The third-order valence-electron chi connectivity index (χ3n) is 1.71. The smallest absolute Gasteiger partial charge is 0.271 e. The molecular formula is C9H6ClFN2OS. The van der Waals surface area contributed by atoms with Crippen LogP contribution in [-0.2, 0) is 0 Å². The van der Waals surface area contributed by atoms with Gasteiger partial charge in [-0.2, -0.15) is 4.37 Å². The summed E-state index contributed by atoms with van der Waals surface area (Å²) in [6.07, 6.45) is 0. The first-order chi connectivity index (χ1) is 7.16. The predicted octanol–water partition coefficient (Wildman–Crippen LogP) is 3.43. The van der Waals surface area contributed by atoms with Crippen molar-refractivity contribution < 1.29 is 9.13 Å². The van der Waals surface area contributed by atoms with Gasteiger partial charge in [0.1, 0.15) is 0 Å². The summed E-state index contributed by atoms with van der Waals surface area (Å²) >= 11 is 6.59. The Morgan fingerprint density at radius 3 is 2.87 bits per heavy atom. The molecule has 0 aliphatic carbocycles. The van der Waals surface area contributed by atoms with Gasteiger partial charge >= 0.3 is 0 Å². The van der Waals surface area contributed by atoms with Crippen molar-refractivity contribution in [2.24, 2.45) is 0 Å². The Balaban J connectivity index is 2.32. The number of rotatable bonds is 2. The maximum Gasteiger partial charge on any atom is 0.271 e.